The first-order chi connectivity index (χ1) is 14.3. The standard InChI is InChI=1S/C20H25N3O5S2/c1-4-6-15-13(7-8-14(12(3)24)18(15)27)11-29-20-23-22-19(30-20)21-16(25)9-10-17(26)28-5-2/h7-8,27H,4-6,9-11H2,1-3H3,(H,21,22,25). The minimum atomic E-state index is -0.414. The number of esters is 1. The highest BCUT2D eigenvalue weighted by Gasteiger charge is 2.16. The van der Waals surface area contributed by atoms with Gasteiger partial charge in [-0.1, -0.05) is 42.5 Å². The summed E-state index contributed by atoms with van der Waals surface area (Å²) in [6.07, 6.45) is 1.54. The zero-order chi connectivity index (χ0) is 22.1. The van der Waals surface area contributed by atoms with Gasteiger partial charge in [-0.3, -0.25) is 14.4 Å². The number of rotatable bonds is 11. The number of carbonyl (C=O) groups excluding carboxylic acids is 3. The summed E-state index contributed by atoms with van der Waals surface area (Å²) < 4.78 is 5.45. The van der Waals surface area contributed by atoms with Gasteiger partial charge in [-0.05, 0) is 37.5 Å². The maximum absolute atomic E-state index is 11.9. The van der Waals surface area contributed by atoms with Gasteiger partial charge in [0.2, 0.25) is 11.0 Å². The fourth-order valence-electron chi connectivity index (χ4n) is 2.71. The van der Waals surface area contributed by atoms with Crippen molar-refractivity contribution in [3.63, 3.8) is 0 Å². The van der Waals surface area contributed by atoms with Gasteiger partial charge in [0.25, 0.3) is 0 Å². The Bertz CT molecular complexity index is 914. The summed E-state index contributed by atoms with van der Waals surface area (Å²) >= 11 is 2.67. The molecule has 1 amide bonds. The van der Waals surface area contributed by atoms with E-state index in [0.717, 1.165) is 17.5 Å². The molecule has 1 aromatic carbocycles. The van der Waals surface area contributed by atoms with Crippen LogP contribution in [0.2, 0.25) is 0 Å². The molecule has 10 heteroatoms. The Morgan fingerprint density at radius 3 is 2.63 bits per heavy atom. The van der Waals surface area contributed by atoms with Gasteiger partial charge in [0.1, 0.15) is 5.75 Å². The van der Waals surface area contributed by atoms with Crippen molar-refractivity contribution in [2.45, 2.75) is 56.5 Å². The van der Waals surface area contributed by atoms with Crippen LogP contribution < -0.4 is 5.32 Å². The molecule has 0 bridgehead atoms. The number of amides is 1. The Morgan fingerprint density at radius 1 is 1.20 bits per heavy atom. The van der Waals surface area contributed by atoms with Crippen LogP contribution in [-0.2, 0) is 26.5 Å². The lowest BCUT2D eigenvalue weighted by Gasteiger charge is -2.12. The first-order valence-corrected chi connectivity index (χ1v) is 11.4. The van der Waals surface area contributed by atoms with E-state index in [1.807, 2.05) is 13.0 Å². The number of aromatic hydroxyl groups is 1. The normalized spacial score (nSPS) is 10.6. The first kappa shape index (κ1) is 23.8. The number of benzene rings is 1. The first-order valence-electron chi connectivity index (χ1n) is 9.62. The highest BCUT2D eigenvalue weighted by atomic mass is 32.2. The van der Waals surface area contributed by atoms with Crippen molar-refractivity contribution in [2.75, 3.05) is 11.9 Å². The number of hydrogen-bond acceptors (Lipinski definition) is 9. The van der Waals surface area contributed by atoms with Crippen LogP contribution >= 0.6 is 23.1 Å². The van der Waals surface area contributed by atoms with Crippen molar-refractivity contribution in [3.8, 4) is 5.75 Å². The van der Waals surface area contributed by atoms with E-state index in [9.17, 15) is 19.5 Å². The molecule has 0 aliphatic carbocycles. The predicted octanol–water partition coefficient (Wildman–Crippen LogP) is 3.97. The molecule has 2 N–H and O–H groups in total. The van der Waals surface area contributed by atoms with Gasteiger partial charge in [-0.25, -0.2) is 0 Å². The van der Waals surface area contributed by atoms with Crippen LogP contribution in [0.25, 0.3) is 0 Å². The van der Waals surface area contributed by atoms with E-state index in [2.05, 4.69) is 15.5 Å². The van der Waals surface area contributed by atoms with Crippen LogP contribution in [0, 0.1) is 0 Å². The molecule has 0 saturated carbocycles. The van der Waals surface area contributed by atoms with Crippen LogP contribution in [0.15, 0.2) is 16.5 Å². The number of ketones is 1. The fourth-order valence-corrected chi connectivity index (χ4v) is 4.51. The third kappa shape index (κ3) is 6.81. The van der Waals surface area contributed by atoms with Gasteiger partial charge < -0.3 is 15.2 Å². The zero-order valence-corrected chi connectivity index (χ0v) is 18.8. The molecule has 8 nitrogen and oxygen atoms in total. The lowest BCUT2D eigenvalue weighted by Crippen LogP contribution is -2.14. The molecule has 0 spiro atoms. The summed E-state index contributed by atoms with van der Waals surface area (Å²) in [5.74, 6) is -0.313. The zero-order valence-electron chi connectivity index (χ0n) is 17.2. The number of nitrogens with one attached hydrogen (secondary N) is 1. The molecule has 2 aromatic rings. The molecule has 0 unspecified atom stereocenters. The lowest BCUT2D eigenvalue weighted by molar-refractivity contribution is -0.144. The molecule has 0 fully saturated rings. The number of carbonyl (C=O) groups is 3. The largest absolute Gasteiger partial charge is 0.507 e. The minimum Gasteiger partial charge on any atom is -0.507 e. The summed E-state index contributed by atoms with van der Waals surface area (Å²) in [5.41, 5.74) is 2.03. The molecule has 0 saturated heterocycles. The maximum atomic E-state index is 11.9. The predicted molar refractivity (Wildman–Crippen MR) is 116 cm³/mol. The summed E-state index contributed by atoms with van der Waals surface area (Å²) in [6, 6.07) is 3.50. The molecular formula is C20H25N3O5S2. The van der Waals surface area contributed by atoms with E-state index in [1.165, 1.54) is 30.0 Å². The average Bonchev–Trinajstić information content (AvgIpc) is 3.14. The van der Waals surface area contributed by atoms with Crippen molar-refractivity contribution in [1.82, 2.24) is 10.2 Å². The van der Waals surface area contributed by atoms with Crippen LogP contribution in [0.4, 0.5) is 5.13 Å². The smallest absolute Gasteiger partial charge is 0.306 e. The highest BCUT2D eigenvalue weighted by Crippen LogP contribution is 2.34. The number of Topliss-reactive ketones (excluding diaryl/α,β-unsaturated/α-hetero) is 1. The van der Waals surface area contributed by atoms with Crippen molar-refractivity contribution in [1.29, 1.82) is 0 Å². The number of phenols is 1. The highest BCUT2D eigenvalue weighted by molar-refractivity contribution is 8.00. The van der Waals surface area contributed by atoms with Gasteiger partial charge in [-0.15, -0.1) is 10.2 Å². The third-order valence-electron chi connectivity index (χ3n) is 4.12. The van der Waals surface area contributed by atoms with Crippen molar-refractivity contribution in [3.05, 3.63) is 28.8 Å². The Labute approximate surface area is 183 Å². The van der Waals surface area contributed by atoms with Gasteiger partial charge in [-0.2, -0.15) is 0 Å². The second kappa shape index (κ2) is 11.7. The fraction of sp³-hybridized carbons (Fsp3) is 0.450. The van der Waals surface area contributed by atoms with E-state index >= 15 is 0 Å². The Morgan fingerprint density at radius 2 is 1.97 bits per heavy atom. The molecule has 30 heavy (non-hydrogen) atoms. The van der Waals surface area contributed by atoms with Crippen molar-refractivity contribution in [2.24, 2.45) is 0 Å². The second-order valence-electron chi connectivity index (χ2n) is 6.42. The van der Waals surface area contributed by atoms with Gasteiger partial charge >= 0.3 is 5.97 Å². The second-order valence-corrected chi connectivity index (χ2v) is 8.62. The summed E-state index contributed by atoms with van der Waals surface area (Å²) in [5, 5.41) is 21.5. The number of anilines is 1. The molecule has 0 aliphatic heterocycles. The van der Waals surface area contributed by atoms with E-state index < -0.39 is 5.97 Å². The monoisotopic (exact) mass is 451 g/mol. The average molecular weight is 452 g/mol. The number of phenolic OH excluding ortho intramolecular Hbond substituents is 1. The van der Waals surface area contributed by atoms with E-state index in [1.54, 1.807) is 13.0 Å². The minimum absolute atomic E-state index is 0.0139. The lowest BCUT2D eigenvalue weighted by atomic mass is 9.98. The topological polar surface area (TPSA) is 118 Å². The van der Waals surface area contributed by atoms with Gasteiger partial charge in [0, 0.05) is 12.2 Å². The molecule has 0 atom stereocenters. The van der Waals surface area contributed by atoms with E-state index in [0.29, 0.717) is 27.2 Å². The quantitative estimate of drug-likeness (QED) is 0.228. The summed E-state index contributed by atoms with van der Waals surface area (Å²) in [6.45, 7) is 5.44. The number of hydrogen-bond donors (Lipinski definition) is 2. The van der Waals surface area contributed by atoms with Gasteiger partial charge in [0.05, 0.1) is 18.6 Å². The SMILES string of the molecule is CCCc1c(CSc2nnc(NC(=O)CCC(=O)OCC)s2)ccc(C(C)=O)c1O. The van der Waals surface area contributed by atoms with Crippen molar-refractivity contribution < 1.29 is 24.2 Å². The van der Waals surface area contributed by atoms with E-state index in [-0.39, 0.29) is 36.9 Å². The molecule has 0 aliphatic rings. The number of thioether (sulfide) groups is 1. The Balaban J connectivity index is 1.97. The van der Waals surface area contributed by atoms with Crippen LogP contribution in [0.1, 0.15) is 61.5 Å². The van der Waals surface area contributed by atoms with Crippen molar-refractivity contribution >= 4 is 45.9 Å². The number of ether oxygens (including phenoxy) is 1. The number of nitrogens with zero attached hydrogens (tertiary/aromatic N) is 2. The Hall–Kier alpha value is -2.46. The van der Waals surface area contributed by atoms with Crippen LogP contribution in [-0.4, -0.2) is 39.6 Å². The third-order valence-corrected chi connectivity index (χ3v) is 6.15. The molecule has 1 aromatic heterocycles. The maximum Gasteiger partial charge on any atom is 0.306 e. The molecule has 1 heterocycles. The molecule has 162 valence electrons. The summed E-state index contributed by atoms with van der Waals surface area (Å²) in [4.78, 5) is 34.9. The van der Waals surface area contributed by atoms with Crippen LogP contribution in [0.3, 0.4) is 0 Å². The van der Waals surface area contributed by atoms with E-state index in [4.69, 9.17) is 4.74 Å². The molecule has 0 radical (unpaired) electrons. The molecular weight excluding hydrogens is 426 g/mol. The van der Waals surface area contributed by atoms with Crippen LogP contribution in [0.5, 0.6) is 5.75 Å². The molecule has 2 rings (SSSR count). The Kier molecular flexibility index (Phi) is 9.25. The van der Waals surface area contributed by atoms with Gasteiger partial charge in [0.15, 0.2) is 10.1 Å². The number of aromatic nitrogens is 2. The summed E-state index contributed by atoms with van der Waals surface area (Å²) in [7, 11) is 0.